The van der Waals surface area contributed by atoms with Gasteiger partial charge in [-0.1, -0.05) is 140 Å². The number of nitrogens with zero attached hydrogens (tertiary/aromatic N) is 2. The maximum absolute atomic E-state index is 2.44. The summed E-state index contributed by atoms with van der Waals surface area (Å²) in [7, 11) is 0. The molecule has 0 atom stereocenters. The highest BCUT2D eigenvalue weighted by Gasteiger charge is 2.18. The maximum atomic E-state index is 2.44. The molecule has 0 aliphatic carbocycles. The first-order valence-corrected chi connectivity index (χ1v) is 21.7. The minimum absolute atomic E-state index is 1.15. The van der Waals surface area contributed by atoms with E-state index in [4.69, 9.17) is 0 Å². The molecule has 0 bridgehead atoms. The van der Waals surface area contributed by atoms with E-state index in [1.165, 1.54) is 114 Å². The molecule has 0 aliphatic rings. The first kappa shape index (κ1) is 34.2. The van der Waals surface area contributed by atoms with Crippen molar-refractivity contribution < 1.29 is 0 Å². The second-order valence-corrected chi connectivity index (χ2v) is 17.2. The molecule has 10 aromatic carbocycles. The van der Waals surface area contributed by atoms with E-state index in [2.05, 4.69) is 228 Å². The number of rotatable bonds is 5. The van der Waals surface area contributed by atoms with Crippen LogP contribution in [-0.4, -0.2) is 9.13 Å². The predicted molar refractivity (Wildman–Crippen MR) is 262 cm³/mol. The summed E-state index contributed by atoms with van der Waals surface area (Å²) < 4.78 is 7.48. The monoisotopic (exact) mass is 792 g/mol. The standard InChI is InChI=1S/C58H36N2S/c1-2-13-44(14-3-1)59-53-19-8-6-15-47(53)50-34-41(25-30-54(50)59)42-26-31-55-51(35-42)52-36-43(46-17-10-18-49-48-16-7-9-20-57(48)61-58(46)49)27-32-56(52)60(55)45-28-23-38(24-29-45)40-22-21-37-11-4-5-12-39(37)33-40/h1-36H. The summed E-state index contributed by atoms with van der Waals surface area (Å²) in [5.74, 6) is 0. The molecule has 0 saturated carbocycles. The van der Waals surface area contributed by atoms with Gasteiger partial charge in [0.2, 0.25) is 0 Å². The van der Waals surface area contributed by atoms with E-state index < -0.39 is 0 Å². The van der Waals surface area contributed by atoms with Gasteiger partial charge in [0, 0.05) is 53.1 Å². The number of aromatic nitrogens is 2. The molecule has 0 N–H and O–H groups in total. The topological polar surface area (TPSA) is 9.86 Å². The third-order valence-electron chi connectivity index (χ3n) is 12.7. The van der Waals surface area contributed by atoms with Crippen molar-refractivity contribution in [3.8, 4) is 44.8 Å². The van der Waals surface area contributed by atoms with Crippen molar-refractivity contribution in [2.75, 3.05) is 0 Å². The fourth-order valence-corrected chi connectivity index (χ4v) is 11.0. The van der Waals surface area contributed by atoms with Crippen LogP contribution >= 0.6 is 11.3 Å². The fourth-order valence-electron chi connectivity index (χ4n) is 9.80. The zero-order valence-corrected chi connectivity index (χ0v) is 33.9. The van der Waals surface area contributed by atoms with Gasteiger partial charge < -0.3 is 9.13 Å². The maximum Gasteiger partial charge on any atom is 0.0541 e. The molecule has 3 heterocycles. The Morgan fingerprint density at radius 2 is 0.787 bits per heavy atom. The minimum atomic E-state index is 1.15. The highest BCUT2D eigenvalue weighted by atomic mass is 32.1. The lowest BCUT2D eigenvalue weighted by atomic mass is 9.98. The second-order valence-electron chi connectivity index (χ2n) is 16.1. The molecular weight excluding hydrogens is 757 g/mol. The third kappa shape index (κ3) is 5.34. The Balaban J connectivity index is 1.00. The van der Waals surface area contributed by atoms with Crippen molar-refractivity contribution in [1.82, 2.24) is 9.13 Å². The number of fused-ring (bicyclic) bond motifs is 10. The Kier molecular flexibility index (Phi) is 7.51. The highest BCUT2D eigenvalue weighted by molar-refractivity contribution is 7.26. The Morgan fingerprint density at radius 3 is 1.54 bits per heavy atom. The van der Waals surface area contributed by atoms with Gasteiger partial charge in [0.05, 0.1) is 22.1 Å². The number of hydrogen-bond acceptors (Lipinski definition) is 1. The first-order valence-electron chi connectivity index (χ1n) is 20.9. The predicted octanol–water partition coefficient (Wildman–Crippen LogP) is 16.4. The van der Waals surface area contributed by atoms with Crippen molar-refractivity contribution in [2.45, 2.75) is 0 Å². The largest absolute Gasteiger partial charge is 0.309 e. The average molecular weight is 793 g/mol. The summed E-state index contributed by atoms with van der Waals surface area (Å²) in [6.45, 7) is 0. The first-order chi connectivity index (χ1) is 30.2. The minimum Gasteiger partial charge on any atom is -0.309 e. The number of para-hydroxylation sites is 2. The summed E-state index contributed by atoms with van der Waals surface area (Å²) in [5, 5.41) is 10.1. The van der Waals surface area contributed by atoms with Crippen LogP contribution in [0.3, 0.4) is 0 Å². The van der Waals surface area contributed by atoms with Crippen LogP contribution in [0, 0.1) is 0 Å². The lowest BCUT2D eigenvalue weighted by Crippen LogP contribution is -1.94. The molecule has 13 rings (SSSR count). The molecule has 3 heteroatoms. The van der Waals surface area contributed by atoms with Gasteiger partial charge in [0.25, 0.3) is 0 Å². The molecular formula is C58H36N2S. The van der Waals surface area contributed by atoms with Crippen LogP contribution in [-0.2, 0) is 0 Å². The van der Waals surface area contributed by atoms with E-state index in [0.29, 0.717) is 0 Å². The Labute approximate surface area is 356 Å². The van der Waals surface area contributed by atoms with E-state index in [-0.39, 0.29) is 0 Å². The van der Waals surface area contributed by atoms with Crippen molar-refractivity contribution in [2.24, 2.45) is 0 Å². The molecule has 0 amide bonds. The van der Waals surface area contributed by atoms with Crippen LogP contribution < -0.4 is 0 Å². The van der Waals surface area contributed by atoms with Gasteiger partial charge in [0.15, 0.2) is 0 Å². The van der Waals surface area contributed by atoms with Crippen LogP contribution in [0.15, 0.2) is 218 Å². The van der Waals surface area contributed by atoms with Gasteiger partial charge >= 0.3 is 0 Å². The van der Waals surface area contributed by atoms with E-state index in [1.807, 2.05) is 11.3 Å². The smallest absolute Gasteiger partial charge is 0.0541 e. The molecule has 284 valence electrons. The Bertz CT molecular complexity index is 3860. The molecule has 3 aromatic heterocycles. The molecule has 0 saturated heterocycles. The molecule has 0 fully saturated rings. The fraction of sp³-hybridized carbons (Fsp3) is 0. The quantitative estimate of drug-likeness (QED) is 0.164. The lowest BCUT2D eigenvalue weighted by Gasteiger charge is -2.11. The molecule has 0 aliphatic heterocycles. The molecule has 0 spiro atoms. The zero-order chi connectivity index (χ0) is 40.0. The van der Waals surface area contributed by atoms with Gasteiger partial charge in [-0.25, -0.2) is 0 Å². The summed E-state index contributed by atoms with van der Waals surface area (Å²) in [5.41, 5.74) is 14.5. The van der Waals surface area contributed by atoms with Crippen LogP contribution in [0.25, 0.3) is 119 Å². The molecule has 0 unspecified atom stereocenters. The molecule has 61 heavy (non-hydrogen) atoms. The van der Waals surface area contributed by atoms with Crippen molar-refractivity contribution in [3.05, 3.63) is 218 Å². The van der Waals surface area contributed by atoms with Gasteiger partial charge in [-0.15, -0.1) is 11.3 Å². The molecule has 13 aromatic rings. The average Bonchev–Trinajstić information content (AvgIpc) is 3.99. The van der Waals surface area contributed by atoms with E-state index in [9.17, 15) is 0 Å². The second kappa shape index (κ2) is 13.4. The number of hydrogen-bond donors (Lipinski definition) is 0. The van der Waals surface area contributed by atoms with Crippen molar-refractivity contribution in [1.29, 1.82) is 0 Å². The SMILES string of the molecule is c1ccc(-n2c3ccccc3c3cc(-c4ccc5c(c4)c4cc(-c6cccc7c6sc6ccccc67)ccc4n5-c4ccc(-c5ccc6ccccc6c5)cc4)ccc32)cc1. The summed E-state index contributed by atoms with van der Waals surface area (Å²) in [6, 6.07) is 80.5. The summed E-state index contributed by atoms with van der Waals surface area (Å²) in [6.07, 6.45) is 0. The van der Waals surface area contributed by atoms with E-state index in [1.54, 1.807) is 0 Å². The highest BCUT2D eigenvalue weighted by Crippen LogP contribution is 2.43. The van der Waals surface area contributed by atoms with Crippen LogP contribution in [0.5, 0.6) is 0 Å². The summed E-state index contributed by atoms with van der Waals surface area (Å²) >= 11 is 1.89. The lowest BCUT2D eigenvalue weighted by molar-refractivity contribution is 1.18. The van der Waals surface area contributed by atoms with Crippen LogP contribution in [0.1, 0.15) is 0 Å². The zero-order valence-electron chi connectivity index (χ0n) is 33.1. The Morgan fingerprint density at radius 1 is 0.279 bits per heavy atom. The Hall–Kier alpha value is -7.72. The van der Waals surface area contributed by atoms with Crippen molar-refractivity contribution >= 4 is 85.9 Å². The molecule has 2 nitrogen and oxygen atoms in total. The third-order valence-corrected chi connectivity index (χ3v) is 13.9. The van der Waals surface area contributed by atoms with Crippen LogP contribution in [0.2, 0.25) is 0 Å². The van der Waals surface area contributed by atoms with Crippen LogP contribution in [0.4, 0.5) is 0 Å². The summed E-state index contributed by atoms with van der Waals surface area (Å²) in [4.78, 5) is 0. The van der Waals surface area contributed by atoms with Gasteiger partial charge in [-0.3, -0.25) is 0 Å². The van der Waals surface area contributed by atoms with Crippen molar-refractivity contribution in [3.63, 3.8) is 0 Å². The normalized spacial score (nSPS) is 11.9. The van der Waals surface area contributed by atoms with Gasteiger partial charge in [0.1, 0.15) is 0 Å². The number of thiophene rings is 1. The molecule has 0 radical (unpaired) electrons. The van der Waals surface area contributed by atoms with Gasteiger partial charge in [-0.2, -0.15) is 0 Å². The van der Waals surface area contributed by atoms with Gasteiger partial charge in [-0.05, 0) is 123 Å². The van der Waals surface area contributed by atoms with E-state index >= 15 is 0 Å². The number of benzene rings is 10. The van der Waals surface area contributed by atoms with E-state index in [0.717, 1.165) is 5.69 Å².